The summed E-state index contributed by atoms with van der Waals surface area (Å²) in [6.07, 6.45) is 2.15. The number of ether oxygens (including phenoxy) is 1. The molecule has 2 rings (SSSR count). The van der Waals surface area contributed by atoms with Gasteiger partial charge in [0.2, 0.25) is 0 Å². The van der Waals surface area contributed by atoms with E-state index in [0.717, 1.165) is 29.6 Å². The van der Waals surface area contributed by atoms with Gasteiger partial charge in [-0.15, -0.1) is 0 Å². The lowest BCUT2D eigenvalue weighted by atomic mass is 9.94. The van der Waals surface area contributed by atoms with Crippen LogP contribution in [0.4, 0.5) is 5.69 Å². The number of nitrogens with one attached hydrogen (secondary N) is 1. The van der Waals surface area contributed by atoms with Gasteiger partial charge in [0.1, 0.15) is 0 Å². The van der Waals surface area contributed by atoms with Crippen LogP contribution in [0.1, 0.15) is 12.8 Å². The highest BCUT2D eigenvalue weighted by atomic mass is 79.9. The highest BCUT2D eigenvalue weighted by Gasteiger charge is 2.23. The Morgan fingerprint density at radius 2 is 2.39 bits per heavy atom. The van der Waals surface area contributed by atoms with Gasteiger partial charge in [0.25, 0.3) is 0 Å². The molecule has 100 valence electrons. The predicted octanol–water partition coefficient (Wildman–Crippen LogP) is 3.30. The molecule has 0 saturated carbocycles. The van der Waals surface area contributed by atoms with Gasteiger partial charge in [-0.1, -0.05) is 11.6 Å². The molecule has 1 aliphatic rings. The molecule has 2 N–H and O–H groups in total. The third kappa shape index (κ3) is 3.60. The van der Waals surface area contributed by atoms with Crippen LogP contribution in [0.2, 0.25) is 5.02 Å². The standard InChI is InChI=1S/C13H17BrClNO2/c14-11-6-10(3-4-12(11)15)16-13(7-17)9-2-1-5-18-8-9/h3-4,6,9,13,16-17H,1-2,5,7-8H2. The Kier molecular flexibility index (Phi) is 5.30. The lowest BCUT2D eigenvalue weighted by Gasteiger charge is -2.30. The van der Waals surface area contributed by atoms with Crippen LogP contribution < -0.4 is 5.32 Å². The summed E-state index contributed by atoms with van der Waals surface area (Å²) in [7, 11) is 0. The van der Waals surface area contributed by atoms with Crippen molar-refractivity contribution in [2.24, 2.45) is 5.92 Å². The van der Waals surface area contributed by atoms with E-state index < -0.39 is 0 Å². The Hall–Kier alpha value is -0.290. The molecule has 0 bridgehead atoms. The molecule has 1 aromatic rings. The van der Waals surface area contributed by atoms with E-state index in [1.165, 1.54) is 0 Å². The minimum Gasteiger partial charge on any atom is -0.394 e. The number of aliphatic hydroxyl groups is 1. The molecule has 0 aliphatic carbocycles. The first-order chi connectivity index (χ1) is 8.70. The van der Waals surface area contributed by atoms with Crippen LogP contribution in [0.25, 0.3) is 0 Å². The lowest BCUT2D eigenvalue weighted by molar-refractivity contribution is 0.0392. The Bertz CT molecular complexity index is 397. The fourth-order valence-electron chi connectivity index (χ4n) is 2.20. The SMILES string of the molecule is OCC(Nc1ccc(Cl)c(Br)c1)C1CCCOC1. The van der Waals surface area contributed by atoms with Gasteiger partial charge in [-0.3, -0.25) is 0 Å². The fourth-order valence-corrected chi connectivity index (χ4v) is 2.69. The topological polar surface area (TPSA) is 41.5 Å². The summed E-state index contributed by atoms with van der Waals surface area (Å²) in [4.78, 5) is 0. The normalized spacial score (nSPS) is 21.6. The molecule has 1 fully saturated rings. The summed E-state index contributed by atoms with van der Waals surface area (Å²) in [5.41, 5.74) is 0.955. The van der Waals surface area contributed by atoms with Crippen LogP contribution in [-0.2, 0) is 4.74 Å². The maximum atomic E-state index is 9.51. The summed E-state index contributed by atoms with van der Waals surface area (Å²) in [5, 5.41) is 13.5. The highest BCUT2D eigenvalue weighted by Crippen LogP contribution is 2.27. The van der Waals surface area contributed by atoms with Gasteiger partial charge in [-0.2, -0.15) is 0 Å². The summed E-state index contributed by atoms with van der Waals surface area (Å²) in [5.74, 6) is 0.359. The van der Waals surface area contributed by atoms with Gasteiger partial charge in [0, 0.05) is 22.7 Å². The summed E-state index contributed by atoms with van der Waals surface area (Å²) in [6.45, 7) is 1.66. The largest absolute Gasteiger partial charge is 0.394 e. The summed E-state index contributed by atoms with van der Waals surface area (Å²) in [6, 6.07) is 5.70. The Morgan fingerprint density at radius 3 is 3.00 bits per heavy atom. The second kappa shape index (κ2) is 6.75. The van der Waals surface area contributed by atoms with Crippen molar-refractivity contribution in [2.75, 3.05) is 25.1 Å². The molecule has 1 saturated heterocycles. The number of hydrogen-bond donors (Lipinski definition) is 2. The van der Waals surface area contributed by atoms with Gasteiger partial charge in [-0.05, 0) is 47.0 Å². The maximum Gasteiger partial charge on any atom is 0.0636 e. The Balaban J connectivity index is 2.02. The second-order valence-electron chi connectivity index (χ2n) is 4.54. The van der Waals surface area contributed by atoms with Crippen molar-refractivity contribution in [1.82, 2.24) is 0 Å². The van der Waals surface area contributed by atoms with E-state index in [2.05, 4.69) is 21.2 Å². The van der Waals surface area contributed by atoms with Crippen molar-refractivity contribution >= 4 is 33.2 Å². The van der Waals surface area contributed by atoms with E-state index in [-0.39, 0.29) is 12.6 Å². The Morgan fingerprint density at radius 1 is 1.56 bits per heavy atom. The van der Waals surface area contributed by atoms with Crippen LogP contribution in [0, 0.1) is 5.92 Å². The van der Waals surface area contributed by atoms with Gasteiger partial charge in [-0.25, -0.2) is 0 Å². The minimum absolute atomic E-state index is 0.0263. The van der Waals surface area contributed by atoms with E-state index in [4.69, 9.17) is 16.3 Å². The monoisotopic (exact) mass is 333 g/mol. The van der Waals surface area contributed by atoms with Gasteiger partial charge in [0.15, 0.2) is 0 Å². The Labute approximate surface area is 121 Å². The second-order valence-corrected chi connectivity index (χ2v) is 5.80. The first-order valence-electron chi connectivity index (χ1n) is 6.11. The lowest BCUT2D eigenvalue weighted by Crippen LogP contribution is -2.37. The van der Waals surface area contributed by atoms with Crippen LogP contribution in [0.15, 0.2) is 22.7 Å². The van der Waals surface area contributed by atoms with Crippen LogP contribution in [-0.4, -0.2) is 31.0 Å². The number of benzene rings is 1. The molecule has 2 atom stereocenters. The number of hydrogen-bond acceptors (Lipinski definition) is 3. The molecule has 0 radical (unpaired) electrons. The first-order valence-corrected chi connectivity index (χ1v) is 7.28. The third-order valence-corrected chi connectivity index (χ3v) is 4.45. The highest BCUT2D eigenvalue weighted by molar-refractivity contribution is 9.10. The van der Waals surface area contributed by atoms with Crippen molar-refractivity contribution in [3.8, 4) is 0 Å². The van der Waals surface area contributed by atoms with E-state index >= 15 is 0 Å². The third-order valence-electron chi connectivity index (χ3n) is 3.23. The average Bonchev–Trinajstić information content (AvgIpc) is 2.41. The van der Waals surface area contributed by atoms with E-state index in [1.54, 1.807) is 0 Å². The van der Waals surface area contributed by atoms with Crippen LogP contribution in [0.3, 0.4) is 0 Å². The zero-order valence-corrected chi connectivity index (χ0v) is 12.4. The van der Waals surface area contributed by atoms with Crippen molar-refractivity contribution in [1.29, 1.82) is 0 Å². The number of anilines is 1. The smallest absolute Gasteiger partial charge is 0.0636 e. The molecule has 1 aliphatic heterocycles. The molecule has 1 aromatic carbocycles. The summed E-state index contributed by atoms with van der Waals surface area (Å²) < 4.78 is 6.32. The van der Waals surface area contributed by atoms with Crippen molar-refractivity contribution in [3.05, 3.63) is 27.7 Å². The predicted molar refractivity (Wildman–Crippen MR) is 77.2 cm³/mol. The molecule has 5 heteroatoms. The fraction of sp³-hybridized carbons (Fsp3) is 0.538. The first kappa shape index (κ1) is 14.1. The van der Waals surface area contributed by atoms with E-state index in [0.29, 0.717) is 17.5 Å². The minimum atomic E-state index is 0.0263. The van der Waals surface area contributed by atoms with Gasteiger partial charge < -0.3 is 15.2 Å². The average molecular weight is 335 g/mol. The number of halogens is 2. The number of rotatable bonds is 4. The molecule has 18 heavy (non-hydrogen) atoms. The molecule has 0 spiro atoms. The molecular weight excluding hydrogens is 318 g/mol. The van der Waals surface area contributed by atoms with E-state index in [1.807, 2.05) is 18.2 Å². The molecule has 0 amide bonds. The van der Waals surface area contributed by atoms with E-state index in [9.17, 15) is 5.11 Å². The molecular formula is C13H17BrClNO2. The molecule has 1 heterocycles. The molecule has 2 unspecified atom stereocenters. The van der Waals surface area contributed by atoms with Crippen LogP contribution in [0.5, 0.6) is 0 Å². The van der Waals surface area contributed by atoms with Gasteiger partial charge >= 0.3 is 0 Å². The zero-order chi connectivity index (χ0) is 13.0. The van der Waals surface area contributed by atoms with Crippen molar-refractivity contribution in [3.63, 3.8) is 0 Å². The maximum absolute atomic E-state index is 9.51. The van der Waals surface area contributed by atoms with Crippen LogP contribution >= 0.6 is 27.5 Å². The number of aliphatic hydroxyl groups excluding tert-OH is 1. The van der Waals surface area contributed by atoms with Crippen molar-refractivity contribution < 1.29 is 9.84 Å². The summed E-state index contributed by atoms with van der Waals surface area (Å²) >= 11 is 9.35. The molecule has 0 aromatic heterocycles. The molecule has 3 nitrogen and oxygen atoms in total. The van der Waals surface area contributed by atoms with Crippen molar-refractivity contribution in [2.45, 2.75) is 18.9 Å². The zero-order valence-electron chi connectivity index (χ0n) is 10.0. The van der Waals surface area contributed by atoms with Gasteiger partial charge in [0.05, 0.1) is 24.3 Å². The quantitative estimate of drug-likeness (QED) is 0.887.